The lowest BCUT2D eigenvalue weighted by molar-refractivity contribution is 0.387. The smallest absolute Gasteiger partial charge is 0.133 e. The van der Waals surface area contributed by atoms with Gasteiger partial charge in [0, 0.05) is 29.9 Å². The number of hydrogen-bond acceptors (Lipinski definition) is 4. The summed E-state index contributed by atoms with van der Waals surface area (Å²) in [7, 11) is 0. The van der Waals surface area contributed by atoms with Crippen LogP contribution >= 0.6 is 0 Å². The molecular weight excluding hydrogens is 240 g/mol. The van der Waals surface area contributed by atoms with Crippen molar-refractivity contribution in [1.82, 2.24) is 20.3 Å². The molecule has 1 N–H and O–H groups in total. The molecule has 2 aromatic heterocycles. The highest BCUT2D eigenvalue weighted by Gasteiger charge is 2.21. The minimum Gasteiger partial charge on any atom is -0.361 e. The molecule has 0 radical (unpaired) electrons. The maximum Gasteiger partial charge on any atom is 0.133 e. The van der Waals surface area contributed by atoms with E-state index in [1.807, 2.05) is 17.7 Å². The minimum absolute atomic E-state index is 0.674. The van der Waals surface area contributed by atoms with E-state index >= 15 is 0 Å². The van der Waals surface area contributed by atoms with E-state index in [4.69, 9.17) is 4.52 Å². The molecule has 0 saturated heterocycles. The number of hydrogen-bond donors (Lipinski definition) is 1. The van der Waals surface area contributed by atoms with Gasteiger partial charge in [0.15, 0.2) is 0 Å². The van der Waals surface area contributed by atoms with E-state index in [2.05, 4.69) is 29.4 Å². The van der Waals surface area contributed by atoms with Crippen LogP contribution < -0.4 is 5.32 Å². The molecule has 0 spiro atoms. The minimum atomic E-state index is 0.674. The molecule has 1 fully saturated rings. The zero-order valence-corrected chi connectivity index (χ0v) is 11.7. The zero-order chi connectivity index (χ0) is 13.4. The van der Waals surface area contributed by atoms with Crippen LogP contribution in [-0.2, 0) is 13.1 Å². The first kappa shape index (κ1) is 12.4. The molecule has 0 bridgehead atoms. The molecule has 0 amide bonds. The Morgan fingerprint density at radius 1 is 1.37 bits per heavy atom. The third kappa shape index (κ3) is 2.71. The standard InChI is InChI=1S/C14H20N4O/c1-9-6-13(17-19-9)8-18-11(3)14(10(2)16-18)7-15-12-4-5-12/h6,12,15H,4-5,7-8H2,1-3H3. The Hall–Kier alpha value is -1.62. The van der Waals surface area contributed by atoms with Crippen molar-refractivity contribution in [3.05, 3.63) is 34.5 Å². The summed E-state index contributed by atoms with van der Waals surface area (Å²) in [6, 6.07) is 2.68. The molecule has 5 nitrogen and oxygen atoms in total. The molecular formula is C14H20N4O. The van der Waals surface area contributed by atoms with Crippen molar-refractivity contribution in [3.63, 3.8) is 0 Å². The van der Waals surface area contributed by atoms with Crippen molar-refractivity contribution in [2.75, 3.05) is 0 Å². The Kier molecular flexibility index (Phi) is 3.14. The summed E-state index contributed by atoms with van der Waals surface area (Å²) < 4.78 is 7.11. The van der Waals surface area contributed by atoms with E-state index in [-0.39, 0.29) is 0 Å². The van der Waals surface area contributed by atoms with Gasteiger partial charge in [0.2, 0.25) is 0 Å². The highest BCUT2D eigenvalue weighted by molar-refractivity contribution is 5.25. The summed E-state index contributed by atoms with van der Waals surface area (Å²) in [5.74, 6) is 0.840. The van der Waals surface area contributed by atoms with Crippen LogP contribution in [0.1, 0.15) is 41.2 Å². The number of aryl methyl sites for hydroxylation is 2. The van der Waals surface area contributed by atoms with Crippen LogP contribution in [0.2, 0.25) is 0 Å². The highest BCUT2D eigenvalue weighted by atomic mass is 16.5. The van der Waals surface area contributed by atoms with Crippen molar-refractivity contribution in [3.8, 4) is 0 Å². The van der Waals surface area contributed by atoms with E-state index in [1.165, 1.54) is 24.1 Å². The molecule has 1 aliphatic rings. The molecule has 2 aromatic rings. The average molecular weight is 260 g/mol. The van der Waals surface area contributed by atoms with Gasteiger partial charge >= 0.3 is 0 Å². The van der Waals surface area contributed by atoms with Gasteiger partial charge in [0.25, 0.3) is 0 Å². The van der Waals surface area contributed by atoms with Crippen molar-refractivity contribution in [2.24, 2.45) is 0 Å². The van der Waals surface area contributed by atoms with E-state index in [9.17, 15) is 0 Å². The fourth-order valence-electron chi connectivity index (χ4n) is 2.32. The molecule has 102 valence electrons. The molecule has 2 heterocycles. The SMILES string of the molecule is Cc1cc(Cn2nc(C)c(CNC3CC3)c2C)no1. The summed E-state index contributed by atoms with van der Waals surface area (Å²) in [4.78, 5) is 0. The first-order chi connectivity index (χ1) is 9.13. The second kappa shape index (κ2) is 4.81. The molecule has 0 aliphatic heterocycles. The third-order valence-electron chi connectivity index (χ3n) is 3.66. The van der Waals surface area contributed by atoms with Crippen LogP contribution in [0.5, 0.6) is 0 Å². The van der Waals surface area contributed by atoms with Crippen LogP contribution in [0.25, 0.3) is 0 Å². The molecule has 0 aromatic carbocycles. The molecule has 1 aliphatic carbocycles. The zero-order valence-electron chi connectivity index (χ0n) is 11.7. The summed E-state index contributed by atoms with van der Waals surface area (Å²) in [5, 5.41) is 12.2. The average Bonchev–Trinajstić information content (AvgIpc) is 3.05. The Morgan fingerprint density at radius 3 is 2.79 bits per heavy atom. The quantitative estimate of drug-likeness (QED) is 0.894. The summed E-state index contributed by atoms with van der Waals surface area (Å²) in [6.45, 7) is 7.69. The molecule has 3 rings (SSSR count). The molecule has 0 atom stereocenters. The Bertz CT molecular complexity index is 580. The molecule has 0 unspecified atom stereocenters. The number of aromatic nitrogens is 3. The summed E-state index contributed by atoms with van der Waals surface area (Å²) >= 11 is 0. The Labute approximate surface area is 113 Å². The monoisotopic (exact) mass is 260 g/mol. The lowest BCUT2D eigenvalue weighted by Crippen LogP contribution is -2.16. The van der Waals surface area contributed by atoms with E-state index in [0.29, 0.717) is 6.54 Å². The summed E-state index contributed by atoms with van der Waals surface area (Å²) in [6.07, 6.45) is 2.62. The fourth-order valence-corrected chi connectivity index (χ4v) is 2.32. The van der Waals surface area contributed by atoms with Gasteiger partial charge < -0.3 is 9.84 Å². The molecule has 1 saturated carbocycles. The maximum atomic E-state index is 5.10. The second-order valence-corrected chi connectivity index (χ2v) is 5.39. The largest absolute Gasteiger partial charge is 0.361 e. The van der Waals surface area contributed by atoms with Crippen LogP contribution in [0.15, 0.2) is 10.6 Å². The van der Waals surface area contributed by atoms with Crippen molar-refractivity contribution < 1.29 is 4.52 Å². The number of rotatable bonds is 5. The first-order valence-corrected chi connectivity index (χ1v) is 6.82. The Morgan fingerprint density at radius 2 is 2.16 bits per heavy atom. The normalized spacial score (nSPS) is 15.1. The van der Waals surface area contributed by atoms with E-state index in [1.54, 1.807) is 0 Å². The van der Waals surface area contributed by atoms with E-state index < -0.39 is 0 Å². The van der Waals surface area contributed by atoms with Crippen LogP contribution in [-0.4, -0.2) is 21.0 Å². The van der Waals surface area contributed by atoms with E-state index in [0.717, 1.165) is 29.7 Å². The van der Waals surface area contributed by atoms with Crippen LogP contribution in [0, 0.1) is 20.8 Å². The van der Waals surface area contributed by atoms with Gasteiger partial charge in [0.05, 0.1) is 12.2 Å². The van der Waals surface area contributed by atoms with Crippen molar-refractivity contribution in [1.29, 1.82) is 0 Å². The topological polar surface area (TPSA) is 55.9 Å². The van der Waals surface area contributed by atoms with Gasteiger partial charge in [-0.15, -0.1) is 0 Å². The van der Waals surface area contributed by atoms with Gasteiger partial charge in [-0.1, -0.05) is 5.16 Å². The highest BCUT2D eigenvalue weighted by Crippen LogP contribution is 2.21. The van der Waals surface area contributed by atoms with Gasteiger partial charge in [-0.2, -0.15) is 5.10 Å². The van der Waals surface area contributed by atoms with Gasteiger partial charge in [-0.05, 0) is 33.6 Å². The predicted molar refractivity (Wildman–Crippen MR) is 71.9 cm³/mol. The number of nitrogens with zero attached hydrogens (tertiary/aromatic N) is 3. The lowest BCUT2D eigenvalue weighted by atomic mass is 10.2. The lowest BCUT2D eigenvalue weighted by Gasteiger charge is -2.04. The van der Waals surface area contributed by atoms with Gasteiger partial charge in [-0.25, -0.2) is 0 Å². The molecule has 19 heavy (non-hydrogen) atoms. The predicted octanol–water partition coefficient (Wildman–Crippen LogP) is 2.10. The van der Waals surface area contributed by atoms with Crippen LogP contribution in [0.4, 0.5) is 0 Å². The van der Waals surface area contributed by atoms with Gasteiger partial charge in [-0.3, -0.25) is 4.68 Å². The van der Waals surface area contributed by atoms with Crippen LogP contribution in [0.3, 0.4) is 0 Å². The fraction of sp³-hybridized carbons (Fsp3) is 0.571. The Balaban J connectivity index is 1.75. The maximum absolute atomic E-state index is 5.10. The summed E-state index contributed by atoms with van der Waals surface area (Å²) in [5.41, 5.74) is 4.55. The van der Waals surface area contributed by atoms with Crippen molar-refractivity contribution >= 4 is 0 Å². The van der Waals surface area contributed by atoms with Crippen molar-refractivity contribution in [2.45, 2.75) is 52.7 Å². The van der Waals surface area contributed by atoms with Gasteiger partial charge in [0.1, 0.15) is 11.5 Å². The molecule has 5 heteroatoms. The number of nitrogens with one attached hydrogen (secondary N) is 1. The third-order valence-corrected chi connectivity index (χ3v) is 3.66. The first-order valence-electron chi connectivity index (χ1n) is 6.82. The second-order valence-electron chi connectivity index (χ2n) is 5.39.